The molecule has 29 heavy (non-hydrogen) atoms. The van der Waals surface area contributed by atoms with Crippen LogP contribution in [0.5, 0.6) is 0 Å². The Hall–Kier alpha value is -2.48. The second-order valence-electron chi connectivity index (χ2n) is 8.14. The van der Waals surface area contributed by atoms with E-state index in [1.54, 1.807) is 0 Å². The Morgan fingerprint density at radius 1 is 0.793 bits per heavy atom. The van der Waals surface area contributed by atoms with Gasteiger partial charge >= 0.3 is 0 Å². The minimum Gasteiger partial charge on any atom is -0.372 e. The molecule has 0 amide bonds. The number of anilines is 2. The number of unbranched alkanes of at least 4 members (excludes halogenated alkanes) is 3. The fourth-order valence-electron chi connectivity index (χ4n) is 4.90. The van der Waals surface area contributed by atoms with Gasteiger partial charge in [0.25, 0.3) is 0 Å². The van der Waals surface area contributed by atoms with E-state index in [0.29, 0.717) is 6.04 Å². The Kier molecular flexibility index (Phi) is 6.08. The first-order valence-corrected chi connectivity index (χ1v) is 11.4. The van der Waals surface area contributed by atoms with Crippen LogP contribution in [0, 0.1) is 0 Å². The first-order chi connectivity index (χ1) is 14.3. The summed E-state index contributed by atoms with van der Waals surface area (Å²) in [5.41, 5.74) is 5.60. The lowest BCUT2D eigenvalue weighted by Gasteiger charge is -2.30. The van der Waals surface area contributed by atoms with Crippen LogP contribution in [0.25, 0.3) is 10.8 Å². The average Bonchev–Trinajstić information content (AvgIpc) is 3.08. The molecule has 152 valence electrons. The van der Waals surface area contributed by atoms with Crippen LogP contribution in [0.4, 0.5) is 11.4 Å². The molecule has 1 heterocycles. The smallest absolute Gasteiger partial charge is 0.0802 e. The third-order valence-electron chi connectivity index (χ3n) is 6.42. The minimum absolute atomic E-state index is 0.323. The van der Waals surface area contributed by atoms with Gasteiger partial charge in [-0.15, -0.1) is 0 Å². The highest BCUT2D eigenvalue weighted by molar-refractivity contribution is 6.01. The lowest BCUT2D eigenvalue weighted by Crippen LogP contribution is -2.27. The van der Waals surface area contributed by atoms with E-state index in [1.165, 1.54) is 59.0 Å². The summed E-state index contributed by atoms with van der Waals surface area (Å²) >= 11 is 0. The fraction of sp³-hybridized carbons (Fsp3) is 0.407. The van der Waals surface area contributed by atoms with Crippen molar-refractivity contribution in [2.24, 2.45) is 0 Å². The Morgan fingerprint density at radius 2 is 1.52 bits per heavy atom. The summed E-state index contributed by atoms with van der Waals surface area (Å²) < 4.78 is 0. The van der Waals surface area contributed by atoms with E-state index >= 15 is 0 Å². The van der Waals surface area contributed by atoms with Gasteiger partial charge in [0.2, 0.25) is 0 Å². The van der Waals surface area contributed by atoms with Gasteiger partial charge in [-0.1, -0.05) is 68.7 Å². The van der Waals surface area contributed by atoms with Gasteiger partial charge < -0.3 is 9.80 Å². The van der Waals surface area contributed by atoms with E-state index in [2.05, 4.69) is 91.2 Å². The molecule has 0 fully saturated rings. The summed E-state index contributed by atoms with van der Waals surface area (Å²) in [7, 11) is 0. The molecule has 2 nitrogen and oxygen atoms in total. The molecule has 4 rings (SSSR count). The van der Waals surface area contributed by atoms with Gasteiger partial charge in [0.05, 0.1) is 6.04 Å². The molecule has 0 aliphatic carbocycles. The highest BCUT2D eigenvalue weighted by Gasteiger charge is 2.32. The Bertz CT molecular complexity index is 935. The van der Waals surface area contributed by atoms with Crippen LogP contribution in [-0.2, 0) is 0 Å². The van der Waals surface area contributed by atoms with Crippen LogP contribution in [-0.4, -0.2) is 19.6 Å². The Labute approximate surface area is 176 Å². The molecule has 0 aromatic heterocycles. The van der Waals surface area contributed by atoms with Crippen molar-refractivity contribution in [1.82, 2.24) is 0 Å². The standard InChI is InChI=1S/C27H34N2/c1-4-7-8-9-20-29-25-15-11-13-21-12-10-14-24(26(21)25)27(29)22-16-18-23(19-17-22)28(5-2)6-3/h10-19,27H,4-9,20H2,1-3H3. The molecule has 0 bridgehead atoms. The van der Waals surface area contributed by atoms with E-state index in [-0.39, 0.29) is 0 Å². The van der Waals surface area contributed by atoms with Crippen LogP contribution in [0.1, 0.15) is 63.6 Å². The molecule has 3 aromatic carbocycles. The summed E-state index contributed by atoms with van der Waals surface area (Å²) in [5.74, 6) is 0. The summed E-state index contributed by atoms with van der Waals surface area (Å²) in [5, 5.41) is 2.81. The molecule has 0 spiro atoms. The summed E-state index contributed by atoms with van der Waals surface area (Å²) in [6.45, 7) is 9.96. The normalized spacial score (nSPS) is 15.3. The highest BCUT2D eigenvalue weighted by Crippen LogP contribution is 2.47. The minimum atomic E-state index is 0.323. The maximum Gasteiger partial charge on any atom is 0.0802 e. The van der Waals surface area contributed by atoms with Crippen LogP contribution >= 0.6 is 0 Å². The summed E-state index contributed by atoms with van der Waals surface area (Å²) in [6, 6.07) is 23.2. The van der Waals surface area contributed by atoms with Gasteiger partial charge in [0.15, 0.2) is 0 Å². The zero-order valence-electron chi connectivity index (χ0n) is 18.2. The van der Waals surface area contributed by atoms with Gasteiger partial charge in [0.1, 0.15) is 0 Å². The molecular formula is C27H34N2. The van der Waals surface area contributed by atoms with E-state index in [9.17, 15) is 0 Å². The topological polar surface area (TPSA) is 6.48 Å². The molecule has 2 heteroatoms. The number of hydrogen-bond acceptors (Lipinski definition) is 2. The average molecular weight is 387 g/mol. The van der Waals surface area contributed by atoms with Crippen LogP contribution in [0.15, 0.2) is 60.7 Å². The van der Waals surface area contributed by atoms with Crippen molar-refractivity contribution in [2.45, 2.75) is 52.5 Å². The SMILES string of the molecule is CCCCCCN1c2cccc3cccc(c23)C1c1ccc(N(CC)CC)cc1. The lowest BCUT2D eigenvalue weighted by molar-refractivity contribution is 0.625. The van der Waals surface area contributed by atoms with Crippen molar-refractivity contribution < 1.29 is 0 Å². The van der Waals surface area contributed by atoms with E-state index in [4.69, 9.17) is 0 Å². The molecule has 1 atom stereocenters. The predicted octanol–water partition coefficient (Wildman–Crippen LogP) is 7.18. The molecule has 0 saturated heterocycles. The fourth-order valence-corrected chi connectivity index (χ4v) is 4.90. The van der Waals surface area contributed by atoms with Crippen LogP contribution in [0.2, 0.25) is 0 Å². The Balaban J connectivity index is 1.71. The highest BCUT2D eigenvalue weighted by atomic mass is 15.2. The Morgan fingerprint density at radius 3 is 2.21 bits per heavy atom. The van der Waals surface area contributed by atoms with Crippen molar-refractivity contribution in [1.29, 1.82) is 0 Å². The van der Waals surface area contributed by atoms with Crippen molar-refractivity contribution in [3.8, 4) is 0 Å². The second kappa shape index (κ2) is 8.90. The number of rotatable bonds is 9. The third-order valence-corrected chi connectivity index (χ3v) is 6.42. The van der Waals surface area contributed by atoms with Crippen molar-refractivity contribution in [2.75, 3.05) is 29.4 Å². The first-order valence-electron chi connectivity index (χ1n) is 11.4. The monoisotopic (exact) mass is 386 g/mol. The molecule has 0 radical (unpaired) electrons. The van der Waals surface area contributed by atoms with E-state index in [0.717, 1.165) is 19.6 Å². The number of benzene rings is 3. The van der Waals surface area contributed by atoms with E-state index < -0.39 is 0 Å². The van der Waals surface area contributed by atoms with Gasteiger partial charge in [-0.05, 0) is 55.0 Å². The maximum absolute atomic E-state index is 2.65. The van der Waals surface area contributed by atoms with Gasteiger partial charge in [-0.2, -0.15) is 0 Å². The number of hydrogen-bond donors (Lipinski definition) is 0. The van der Waals surface area contributed by atoms with Gasteiger partial charge in [0, 0.05) is 36.4 Å². The zero-order chi connectivity index (χ0) is 20.2. The molecule has 0 N–H and O–H groups in total. The quantitative estimate of drug-likeness (QED) is 0.359. The molecular weight excluding hydrogens is 352 g/mol. The van der Waals surface area contributed by atoms with Crippen LogP contribution in [0.3, 0.4) is 0 Å². The molecule has 1 unspecified atom stereocenters. The summed E-state index contributed by atoms with van der Waals surface area (Å²) in [6.07, 6.45) is 5.18. The van der Waals surface area contributed by atoms with E-state index in [1.807, 2.05) is 0 Å². The predicted molar refractivity (Wildman–Crippen MR) is 127 cm³/mol. The number of nitrogens with zero attached hydrogens (tertiary/aromatic N) is 2. The molecule has 1 aliphatic heterocycles. The van der Waals surface area contributed by atoms with Crippen molar-refractivity contribution in [3.63, 3.8) is 0 Å². The van der Waals surface area contributed by atoms with Gasteiger partial charge in [-0.25, -0.2) is 0 Å². The molecule has 1 aliphatic rings. The van der Waals surface area contributed by atoms with Crippen LogP contribution < -0.4 is 9.80 Å². The summed E-state index contributed by atoms with van der Waals surface area (Å²) in [4.78, 5) is 5.07. The molecule has 0 saturated carbocycles. The van der Waals surface area contributed by atoms with Gasteiger partial charge in [-0.3, -0.25) is 0 Å². The maximum atomic E-state index is 2.65. The largest absolute Gasteiger partial charge is 0.372 e. The van der Waals surface area contributed by atoms with Crippen molar-refractivity contribution in [3.05, 3.63) is 71.8 Å². The molecule has 3 aromatic rings. The zero-order valence-corrected chi connectivity index (χ0v) is 18.2. The van der Waals surface area contributed by atoms with Crippen molar-refractivity contribution >= 4 is 22.1 Å². The third kappa shape index (κ3) is 3.73. The lowest BCUT2D eigenvalue weighted by atomic mass is 9.96. The second-order valence-corrected chi connectivity index (χ2v) is 8.14. The first kappa shape index (κ1) is 19.8.